The Hall–Kier alpha value is -2.97. The molecule has 0 saturated carbocycles. The SMILES string of the molecule is O=C(CN(c1ccc(F)c(Cl)c1)S(=O)(=O)c1ccccc1)Nc1cccc(F)c1. The molecule has 0 radical (unpaired) electrons. The van der Waals surface area contributed by atoms with E-state index in [4.69, 9.17) is 11.6 Å². The fraction of sp³-hybridized carbons (Fsp3) is 0.0500. The molecule has 9 heteroatoms. The van der Waals surface area contributed by atoms with Gasteiger partial charge in [-0.3, -0.25) is 9.10 Å². The highest BCUT2D eigenvalue weighted by molar-refractivity contribution is 7.92. The quantitative estimate of drug-likeness (QED) is 0.620. The van der Waals surface area contributed by atoms with E-state index in [0.717, 1.165) is 22.5 Å². The smallest absolute Gasteiger partial charge is 0.264 e. The van der Waals surface area contributed by atoms with Crippen LogP contribution >= 0.6 is 11.6 Å². The summed E-state index contributed by atoms with van der Waals surface area (Å²) in [6.45, 7) is -0.629. The van der Waals surface area contributed by atoms with Gasteiger partial charge in [-0.15, -0.1) is 0 Å². The third-order valence-corrected chi connectivity index (χ3v) is 6.00. The van der Waals surface area contributed by atoms with Crippen molar-refractivity contribution in [1.82, 2.24) is 0 Å². The number of anilines is 2. The summed E-state index contributed by atoms with van der Waals surface area (Å²) >= 11 is 5.80. The van der Waals surface area contributed by atoms with Gasteiger partial charge in [0.15, 0.2) is 0 Å². The van der Waals surface area contributed by atoms with Crippen LogP contribution in [0, 0.1) is 11.6 Å². The molecule has 5 nitrogen and oxygen atoms in total. The molecular formula is C20H15ClF2N2O3S. The minimum absolute atomic E-state index is 0.00893. The molecule has 0 aliphatic rings. The van der Waals surface area contributed by atoms with Gasteiger partial charge in [0.2, 0.25) is 5.91 Å². The van der Waals surface area contributed by atoms with Crippen molar-refractivity contribution in [3.8, 4) is 0 Å². The van der Waals surface area contributed by atoms with Gasteiger partial charge < -0.3 is 5.32 Å². The van der Waals surface area contributed by atoms with Crippen LogP contribution in [0.25, 0.3) is 0 Å². The summed E-state index contributed by atoms with van der Waals surface area (Å²) in [5.41, 5.74) is 0.179. The number of halogens is 3. The summed E-state index contributed by atoms with van der Waals surface area (Å²) in [6.07, 6.45) is 0. The molecule has 0 aromatic heterocycles. The molecule has 0 atom stereocenters. The molecule has 150 valence electrons. The van der Waals surface area contributed by atoms with Gasteiger partial charge in [-0.25, -0.2) is 17.2 Å². The highest BCUT2D eigenvalue weighted by Crippen LogP contribution is 2.27. The zero-order valence-corrected chi connectivity index (χ0v) is 16.4. The Bertz CT molecular complexity index is 1140. The van der Waals surface area contributed by atoms with E-state index in [1.54, 1.807) is 6.07 Å². The standard InChI is InChI=1S/C20H15ClF2N2O3S/c21-18-12-16(9-10-19(18)23)25(29(27,28)17-7-2-1-3-8-17)13-20(26)24-15-6-4-5-14(22)11-15/h1-12H,13H2,(H,24,26). The summed E-state index contributed by atoms with van der Waals surface area (Å²) in [5, 5.41) is 2.15. The first-order valence-electron chi connectivity index (χ1n) is 8.35. The van der Waals surface area contributed by atoms with Crippen LogP contribution in [0.3, 0.4) is 0 Å². The second kappa shape index (κ2) is 8.59. The summed E-state index contributed by atoms with van der Waals surface area (Å²) in [4.78, 5) is 12.4. The maximum Gasteiger partial charge on any atom is 0.264 e. The normalized spacial score (nSPS) is 11.1. The van der Waals surface area contributed by atoms with Gasteiger partial charge in [0, 0.05) is 5.69 Å². The third kappa shape index (κ3) is 4.90. The van der Waals surface area contributed by atoms with Crippen LogP contribution in [0.4, 0.5) is 20.2 Å². The van der Waals surface area contributed by atoms with Gasteiger partial charge in [0.1, 0.15) is 18.2 Å². The lowest BCUT2D eigenvalue weighted by atomic mass is 10.3. The molecule has 1 N–H and O–H groups in total. The number of carbonyl (C=O) groups is 1. The van der Waals surface area contributed by atoms with E-state index >= 15 is 0 Å². The number of nitrogens with one attached hydrogen (secondary N) is 1. The minimum Gasteiger partial charge on any atom is -0.324 e. The number of rotatable bonds is 6. The van der Waals surface area contributed by atoms with E-state index in [1.165, 1.54) is 48.5 Å². The Labute approximate surface area is 171 Å². The van der Waals surface area contributed by atoms with Crippen LogP contribution in [-0.2, 0) is 14.8 Å². The maximum absolute atomic E-state index is 13.6. The third-order valence-electron chi connectivity index (χ3n) is 3.92. The van der Waals surface area contributed by atoms with Crippen molar-refractivity contribution in [2.45, 2.75) is 4.90 Å². The molecule has 0 saturated heterocycles. The summed E-state index contributed by atoms with van der Waals surface area (Å²) < 4.78 is 53.9. The molecule has 1 amide bonds. The van der Waals surface area contributed by atoms with Gasteiger partial charge in [-0.2, -0.15) is 0 Å². The zero-order chi connectivity index (χ0) is 21.0. The van der Waals surface area contributed by atoms with Crippen LogP contribution in [0.1, 0.15) is 0 Å². The van der Waals surface area contributed by atoms with E-state index in [1.807, 2.05) is 0 Å². The molecular weight excluding hydrogens is 422 g/mol. The van der Waals surface area contributed by atoms with Crippen molar-refractivity contribution in [3.63, 3.8) is 0 Å². The molecule has 3 aromatic rings. The molecule has 0 unspecified atom stereocenters. The second-order valence-corrected chi connectivity index (χ2v) is 8.25. The minimum atomic E-state index is -4.16. The van der Waals surface area contributed by atoms with Crippen LogP contribution in [-0.4, -0.2) is 20.9 Å². The van der Waals surface area contributed by atoms with Crippen LogP contribution in [0.2, 0.25) is 5.02 Å². The summed E-state index contributed by atoms with van der Waals surface area (Å²) in [7, 11) is -4.16. The van der Waals surface area contributed by atoms with E-state index in [2.05, 4.69) is 5.32 Å². The average molecular weight is 437 g/mol. The topological polar surface area (TPSA) is 66.5 Å². The lowest BCUT2D eigenvalue weighted by molar-refractivity contribution is -0.114. The highest BCUT2D eigenvalue weighted by atomic mass is 35.5. The molecule has 0 bridgehead atoms. The van der Waals surface area contributed by atoms with Crippen molar-refractivity contribution in [2.24, 2.45) is 0 Å². The average Bonchev–Trinajstić information content (AvgIpc) is 2.69. The van der Waals surface area contributed by atoms with Gasteiger partial charge in [0.25, 0.3) is 10.0 Å². The lowest BCUT2D eigenvalue weighted by Gasteiger charge is -2.24. The number of hydrogen-bond donors (Lipinski definition) is 1. The fourth-order valence-electron chi connectivity index (χ4n) is 2.57. The van der Waals surface area contributed by atoms with Crippen LogP contribution in [0.5, 0.6) is 0 Å². The molecule has 0 aliphatic heterocycles. The van der Waals surface area contributed by atoms with E-state index in [0.29, 0.717) is 0 Å². The van der Waals surface area contributed by atoms with Crippen molar-refractivity contribution < 1.29 is 22.0 Å². The Balaban J connectivity index is 1.96. The number of sulfonamides is 1. The molecule has 0 aliphatic carbocycles. The van der Waals surface area contributed by atoms with Crippen molar-refractivity contribution in [1.29, 1.82) is 0 Å². The molecule has 29 heavy (non-hydrogen) atoms. The van der Waals surface area contributed by atoms with Gasteiger partial charge in [-0.1, -0.05) is 35.9 Å². The Morgan fingerprint density at radius 1 is 0.966 bits per heavy atom. The number of carbonyl (C=O) groups excluding carboxylic acids is 1. The second-order valence-electron chi connectivity index (χ2n) is 5.98. The van der Waals surface area contributed by atoms with E-state index in [9.17, 15) is 22.0 Å². The number of amides is 1. The van der Waals surface area contributed by atoms with E-state index in [-0.39, 0.29) is 21.3 Å². The van der Waals surface area contributed by atoms with Crippen molar-refractivity contribution in [3.05, 3.63) is 89.5 Å². The lowest BCUT2D eigenvalue weighted by Crippen LogP contribution is -2.38. The Morgan fingerprint density at radius 2 is 1.69 bits per heavy atom. The fourth-order valence-corrected chi connectivity index (χ4v) is 4.18. The predicted octanol–water partition coefficient (Wildman–Crippen LogP) is 4.45. The molecule has 3 aromatic carbocycles. The number of hydrogen-bond acceptors (Lipinski definition) is 3. The van der Waals surface area contributed by atoms with Gasteiger partial charge in [0.05, 0.1) is 15.6 Å². The molecule has 0 fully saturated rings. The van der Waals surface area contributed by atoms with Gasteiger partial charge in [-0.05, 0) is 48.5 Å². The van der Waals surface area contributed by atoms with Crippen molar-refractivity contribution >= 4 is 38.9 Å². The summed E-state index contributed by atoms with van der Waals surface area (Å²) in [5.74, 6) is -1.99. The maximum atomic E-state index is 13.6. The summed E-state index contributed by atoms with van der Waals surface area (Å²) in [6, 6.07) is 16.0. The van der Waals surface area contributed by atoms with Crippen molar-refractivity contribution in [2.75, 3.05) is 16.2 Å². The van der Waals surface area contributed by atoms with Crippen LogP contribution in [0.15, 0.2) is 77.7 Å². The number of nitrogens with zero attached hydrogens (tertiary/aromatic N) is 1. The molecule has 3 rings (SSSR count). The first-order valence-corrected chi connectivity index (χ1v) is 10.2. The predicted molar refractivity (Wildman–Crippen MR) is 107 cm³/mol. The molecule has 0 spiro atoms. The Kier molecular flexibility index (Phi) is 6.14. The first kappa shape index (κ1) is 20.8. The van der Waals surface area contributed by atoms with Crippen LogP contribution < -0.4 is 9.62 Å². The first-order chi connectivity index (χ1) is 13.8. The van der Waals surface area contributed by atoms with Gasteiger partial charge >= 0.3 is 0 Å². The number of benzene rings is 3. The molecule has 0 heterocycles. The largest absolute Gasteiger partial charge is 0.324 e. The monoisotopic (exact) mass is 436 g/mol. The Morgan fingerprint density at radius 3 is 2.34 bits per heavy atom. The van der Waals surface area contributed by atoms with E-state index < -0.39 is 34.1 Å². The zero-order valence-electron chi connectivity index (χ0n) is 14.8. The highest BCUT2D eigenvalue weighted by Gasteiger charge is 2.27.